The van der Waals surface area contributed by atoms with Crippen molar-refractivity contribution in [2.45, 2.75) is 32.1 Å². The number of carbonyl (C=O) groups is 1. The summed E-state index contributed by atoms with van der Waals surface area (Å²) < 4.78 is 5.20. The monoisotopic (exact) mass is 233 g/mol. The number of piperidine rings is 1. The molecule has 4 heteroatoms. The molecule has 1 rings (SSSR count). The summed E-state index contributed by atoms with van der Waals surface area (Å²) in [6.45, 7) is 6.31. The van der Waals surface area contributed by atoms with Gasteiger partial charge < -0.3 is 9.64 Å². The molecule has 1 fully saturated rings. The van der Waals surface area contributed by atoms with Gasteiger partial charge in [-0.15, -0.1) is 11.6 Å². The molecule has 0 aromatic rings. The quantitative estimate of drug-likeness (QED) is 0.697. The van der Waals surface area contributed by atoms with Crippen molar-refractivity contribution < 1.29 is 9.53 Å². The van der Waals surface area contributed by atoms with E-state index in [9.17, 15) is 4.79 Å². The molecule has 1 unspecified atom stereocenters. The lowest BCUT2D eigenvalue weighted by Gasteiger charge is -2.39. The highest BCUT2D eigenvalue weighted by molar-refractivity contribution is 6.30. The molecule has 0 aromatic heterocycles. The van der Waals surface area contributed by atoms with E-state index >= 15 is 0 Å². The summed E-state index contributed by atoms with van der Waals surface area (Å²) in [6, 6.07) is 0. The second-order valence-electron chi connectivity index (χ2n) is 4.68. The summed E-state index contributed by atoms with van der Waals surface area (Å²) in [5.41, 5.74) is 0.223. The Morgan fingerprint density at radius 1 is 1.53 bits per heavy atom. The van der Waals surface area contributed by atoms with E-state index in [0.717, 1.165) is 32.5 Å². The molecule has 88 valence electrons. The normalized spacial score (nSPS) is 22.5. The van der Waals surface area contributed by atoms with E-state index in [1.165, 1.54) is 0 Å². The Balaban J connectivity index is 2.45. The molecule has 0 aliphatic carbocycles. The van der Waals surface area contributed by atoms with Gasteiger partial charge in [0.05, 0.1) is 6.61 Å². The van der Waals surface area contributed by atoms with Crippen LogP contribution in [0.15, 0.2) is 0 Å². The number of rotatable bonds is 3. The molecule has 0 saturated carbocycles. The van der Waals surface area contributed by atoms with Gasteiger partial charge in [-0.1, -0.05) is 6.92 Å². The fraction of sp³-hybridized carbons (Fsp3) is 0.909. The van der Waals surface area contributed by atoms with Crippen LogP contribution in [-0.2, 0) is 9.53 Å². The van der Waals surface area contributed by atoms with Crippen molar-refractivity contribution in [3.63, 3.8) is 0 Å². The van der Waals surface area contributed by atoms with E-state index in [0.29, 0.717) is 0 Å². The zero-order chi connectivity index (χ0) is 11.5. The molecule has 15 heavy (non-hydrogen) atoms. The van der Waals surface area contributed by atoms with Gasteiger partial charge in [-0.2, -0.15) is 0 Å². The van der Waals surface area contributed by atoms with Crippen molar-refractivity contribution in [2.75, 3.05) is 26.8 Å². The summed E-state index contributed by atoms with van der Waals surface area (Å²) in [6.07, 6.45) is 1.99. The number of hydrogen-bond acceptors (Lipinski definition) is 2. The van der Waals surface area contributed by atoms with Crippen molar-refractivity contribution in [1.29, 1.82) is 0 Å². The maximum absolute atomic E-state index is 11.6. The number of likely N-dealkylation sites (tertiary alicyclic amines) is 1. The van der Waals surface area contributed by atoms with E-state index in [1.807, 2.05) is 4.90 Å². The van der Waals surface area contributed by atoms with Crippen molar-refractivity contribution in [3.05, 3.63) is 0 Å². The van der Waals surface area contributed by atoms with Crippen LogP contribution in [0.25, 0.3) is 0 Å². The number of amides is 1. The van der Waals surface area contributed by atoms with Gasteiger partial charge in [0.1, 0.15) is 5.38 Å². The van der Waals surface area contributed by atoms with E-state index in [2.05, 4.69) is 6.92 Å². The van der Waals surface area contributed by atoms with Crippen LogP contribution < -0.4 is 0 Å². The third-order valence-electron chi connectivity index (χ3n) is 3.12. The van der Waals surface area contributed by atoms with Crippen LogP contribution in [0.5, 0.6) is 0 Å². The SMILES string of the molecule is COCC1(C)CCN(C(=O)C(C)Cl)CC1. The summed E-state index contributed by atoms with van der Waals surface area (Å²) in [7, 11) is 1.73. The number of methoxy groups -OCH3 is 1. The van der Waals surface area contributed by atoms with Gasteiger partial charge in [-0.25, -0.2) is 0 Å². The van der Waals surface area contributed by atoms with Crippen molar-refractivity contribution in [1.82, 2.24) is 4.90 Å². The molecule has 0 radical (unpaired) electrons. The summed E-state index contributed by atoms with van der Waals surface area (Å²) in [5.74, 6) is 0.0520. The number of halogens is 1. The lowest BCUT2D eigenvalue weighted by atomic mass is 9.81. The van der Waals surface area contributed by atoms with Gasteiger partial charge in [0, 0.05) is 20.2 Å². The fourth-order valence-electron chi connectivity index (χ4n) is 2.01. The Hall–Kier alpha value is -0.280. The molecule has 1 heterocycles. The number of hydrogen-bond donors (Lipinski definition) is 0. The Kier molecular flexibility index (Phi) is 4.41. The first-order valence-electron chi connectivity index (χ1n) is 5.40. The zero-order valence-corrected chi connectivity index (χ0v) is 10.5. The van der Waals surface area contributed by atoms with Crippen LogP contribution in [0, 0.1) is 5.41 Å². The molecule has 1 atom stereocenters. The predicted molar refractivity (Wildman–Crippen MR) is 61.1 cm³/mol. The summed E-state index contributed by atoms with van der Waals surface area (Å²) in [5, 5.41) is -0.406. The van der Waals surface area contributed by atoms with Gasteiger partial charge in [-0.05, 0) is 25.2 Å². The highest BCUT2D eigenvalue weighted by atomic mass is 35.5. The maximum Gasteiger partial charge on any atom is 0.240 e. The van der Waals surface area contributed by atoms with Crippen LogP contribution in [0.1, 0.15) is 26.7 Å². The second kappa shape index (κ2) is 5.17. The Labute approximate surface area is 96.7 Å². The second-order valence-corrected chi connectivity index (χ2v) is 5.34. The average Bonchev–Trinajstić information content (AvgIpc) is 2.18. The minimum absolute atomic E-state index is 0.0520. The lowest BCUT2D eigenvalue weighted by molar-refractivity contribution is -0.133. The van der Waals surface area contributed by atoms with Crippen LogP contribution >= 0.6 is 11.6 Å². The number of alkyl halides is 1. The lowest BCUT2D eigenvalue weighted by Crippen LogP contribution is -2.45. The van der Waals surface area contributed by atoms with Crippen LogP contribution in [0.4, 0.5) is 0 Å². The molecule has 0 aromatic carbocycles. The Morgan fingerprint density at radius 3 is 2.47 bits per heavy atom. The fourth-order valence-corrected chi connectivity index (χ4v) is 2.15. The molecule has 1 aliphatic rings. The standard InChI is InChI=1S/C11H20ClNO2/c1-9(12)10(14)13-6-4-11(2,5-7-13)8-15-3/h9H,4-8H2,1-3H3. The number of ether oxygens (including phenoxy) is 1. The van der Waals surface area contributed by atoms with Crippen LogP contribution in [0.2, 0.25) is 0 Å². The van der Waals surface area contributed by atoms with Gasteiger partial charge in [0.15, 0.2) is 0 Å². The smallest absolute Gasteiger partial charge is 0.240 e. The van der Waals surface area contributed by atoms with E-state index in [1.54, 1.807) is 14.0 Å². The Morgan fingerprint density at radius 2 is 2.07 bits per heavy atom. The molecular formula is C11H20ClNO2. The molecule has 0 N–H and O–H groups in total. The van der Waals surface area contributed by atoms with Crippen LogP contribution in [0.3, 0.4) is 0 Å². The first kappa shape index (κ1) is 12.8. The molecule has 1 amide bonds. The van der Waals surface area contributed by atoms with E-state index in [4.69, 9.17) is 16.3 Å². The highest BCUT2D eigenvalue weighted by Gasteiger charge is 2.32. The summed E-state index contributed by atoms with van der Waals surface area (Å²) >= 11 is 5.78. The zero-order valence-electron chi connectivity index (χ0n) is 9.75. The third kappa shape index (κ3) is 3.35. The largest absolute Gasteiger partial charge is 0.384 e. The van der Waals surface area contributed by atoms with E-state index < -0.39 is 5.38 Å². The minimum Gasteiger partial charge on any atom is -0.384 e. The molecule has 1 aliphatic heterocycles. The van der Waals surface area contributed by atoms with Gasteiger partial charge in [0.25, 0.3) is 0 Å². The highest BCUT2D eigenvalue weighted by Crippen LogP contribution is 2.31. The first-order chi connectivity index (χ1) is 6.98. The van der Waals surface area contributed by atoms with Crippen molar-refractivity contribution >= 4 is 17.5 Å². The first-order valence-corrected chi connectivity index (χ1v) is 5.84. The van der Waals surface area contributed by atoms with E-state index in [-0.39, 0.29) is 11.3 Å². The summed E-state index contributed by atoms with van der Waals surface area (Å²) in [4.78, 5) is 13.5. The van der Waals surface area contributed by atoms with Gasteiger partial charge in [-0.3, -0.25) is 4.79 Å². The molecular weight excluding hydrogens is 214 g/mol. The maximum atomic E-state index is 11.6. The average molecular weight is 234 g/mol. The van der Waals surface area contributed by atoms with Crippen molar-refractivity contribution in [3.8, 4) is 0 Å². The van der Waals surface area contributed by atoms with Crippen molar-refractivity contribution in [2.24, 2.45) is 5.41 Å². The molecule has 1 saturated heterocycles. The molecule has 0 bridgehead atoms. The predicted octanol–water partition coefficient (Wildman–Crippen LogP) is 1.89. The van der Waals surface area contributed by atoms with Gasteiger partial charge >= 0.3 is 0 Å². The number of nitrogens with zero attached hydrogens (tertiary/aromatic N) is 1. The molecule has 3 nitrogen and oxygen atoms in total. The van der Waals surface area contributed by atoms with Crippen LogP contribution in [-0.4, -0.2) is 43.0 Å². The minimum atomic E-state index is -0.406. The third-order valence-corrected chi connectivity index (χ3v) is 3.30. The topological polar surface area (TPSA) is 29.5 Å². The Bertz CT molecular complexity index is 223. The van der Waals surface area contributed by atoms with Gasteiger partial charge in [0.2, 0.25) is 5.91 Å². The molecule has 0 spiro atoms. The number of carbonyl (C=O) groups excluding carboxylic acids is 1.